The van der Waals surface area contributed by atoms with Gasteiger partial charge < -0.3 is 15.4 Å². The molecule has 0 spiro atoms. The fourth-order valence-electron chi connectivity index (χ4n) is 4.28. The Labute approximate surface area is 224 Å². The Morgan fingerprint density at radius 1 is 1.05 bits per heavy atom. The van der Waals surface area contributed by atoms with E-state index >= 15 is 0 Å². The van der Waals surface area contributed by atoms with Crippen molar-refractivity contribution >= 4 is 51.6 Å². The number of halogens is 1. The molecule has 37 heavy (non-hydrogen) atoms. The van der Waals surface area contributed by atoms with Crippen LogP contribution in [0.4, 0.5) is 15.1 Å². The third-order valence-electron chi connectivity index (χ3n) is 6.19. The van der Waals surface area contributed by atoms with Gasteiger partial charge in [0.25, 0.3) is 5.91 Å². The van der Waals surface area contributed by atoms with Crippen LogP contribution in [0.2, 0.25) is 0 Å². The number of benzene rings is 2. The highest BCUT2D eigenvalue weighted by atomic mass is 32.2. The molecule has 1 aliphatic rings. The SMILES string of the molecule is CCC(Sc1cccc(NC(=O)c2ccc(F)cc2)c1)C(=O)Nc1sc2c(c1C(=O)OC)CCCCC2. The summed E-state index contributed by atoms with van der Waals surface area (Å²) < 4.78 is 18.2. The van der Waals surface area contributed by atoms with Crippen molar-refractivity contribution in [1.29, 1.82) is 0 Å². The third kappa shape index (κ3) is 6.59. The molecule has 1 heterocycles. The van der Waals surface area contributed by atoms with E-state index in [9.17, 15) is 18.8 Å². The summed E-state index contributed by atoms with van der Waals surface area (Å²) in [5.74, 6) is -1.36. The average molecular weight is 541 g/mol. The standard InChI is InChI=1S/C28H29FN2O4S2/c1-3-22(26(33)31-27-24(28(34)35-2)21-10-5-4-6-11-23(21)37-27)36-20-9-7-8-19(16-20)30-25(32)17-12-14-18(29)15-13-17/h7-9,12-16,22H,3-6,10-11H2,1-2H3,(H,30,32)(H,31,33). The zero-order chi connectivity index (χ0) is 26.4. The molecular weight excluding hydrogens is 511 g/mol. The minimum atomic E-state index is -0.417. The maximum atomic E-state index is 13.3. The topological polar surface area (TPSA) is 84.5 Å². The number of methoxy groups -OCH3 is 1. The summed E-state index contributed by atoms with van der Waals surface area (Å²) in [6.45, 7) is 1.93. The van der Waals surface area contributed by atoms with E-state index in [1.165, 1.54) is 54.5 Å². The normalized spacial score (nSPS) is 13.7. The van der Waals surface area contributed by atoms with Gasteiger partial charge >= 0.3 is 5.97 Å². The van der Waals surface area contributed by atoms with Crippen molar-refractivity contribution in [2.75, 3.05) is 17.7 Å². The quantitative estimate of drug-likeness (QED) is 0.189. The highest BCUT2D eigenvalue weighted by molar-refractivity contribution is 8.00. The Morgan fingerprint density at radius 2 is 1.81 bits per heavy atom. The van der Waals surface area contributed by atoms with Crippen LogP contribution >= 0.6 is 23.1 Å². The van der Waals surface area contributed by atoms with Crippen LogP contribution in [0.15, 0.2) is 53.4 Å². The van der Waals surface area contributed by atoms with E-state index in [4.69, 9.17) is 4.74 Å². The van der Waals surface area contributed by atoms with Crippen LogP contribution in [0.25, 0.3) is 0 Å². The maximum absolute atomic E-state index is 13.3. The van der Waals surface area contributed by atoms with E-state index in [0.717, 1.165) is 47.4 Å². The fraction of sp³-hybridized carbons (Fsp3) is 0.321. The second-order valence-corrected chi connectivity index (χ2v) is 11.1. The summed E-state index contributed by atoms with van der Waals surface area (Å²) >= 11 is 2.87. The van der Waals surface area contributed by atoms with Gasteiger partial charge in [0.2, 0.25) is 5.91 Å². The van der Waals surface area contributed by atoms with Gasteiger partial charge in [-0.2, -0.15) is 0 Å². The zero-order valence-corrected chi connectivity index (χ0v) is 22.4. The Balaban J connectivity index is 1.47. The highest BCUT2D eigenvalue weighted by Crippen LogP contribution is 2.39. The number of ether oxygens (including phenoxy) is 1. The van der Waals surface area contributed by atoms with E-state index in [2.05, 4.69) is 10.6 Å². The van der Waals surface area contributed by atoms with Crippen LogP contribution in [0.1, 0.15) is 63.8 Å². The summed E-state index contributed by atoms with van der Waals surface area (Å²) in [7, 11) is 1.36. The molecule has 2 N–H and O–H groups in total. The number of thioether (sulfide) groups is 1. The Bertz CT molecular complexity index is 1290. The van der Waals surface area contributed by atoms with Crippen molar-refractivity contribution in [3.8, 4) is 0 Å². The Kier molecular flexibility index (Phi) is 9.00. The van der Waals surface area contributed by atoms with Crippen molar-refractivity contribution in [3.05, 3.63) is 75.9 Å². The van der Waals surface area contributed by atoms with Crippen LogP contribution < -0.4 is 10.6 Å². The number of rotatable bonds is 8. The van der Waals surface area contributed by atoms with Crippen LogP contribution in [0.5, 0.6) is 0 Å². The molecule has 2 aromatic carbocycles. The third-order valence-corrected chi connectivity index (χ3v) is 8.75. The predicted molar refractivity (Wildman–Crippen MR) is 146 cm³/mol. The van der Waals surface area contributed by atoms with E-state index in [1.54, 1.807) is 18.2 Å². The Hall–Kier alpha value is -3.17. The molecule has 0 bridgehead atoms. The molecule has 0 saturated heterocycles. The molecular formula is C28H29FN2O4S2. The summed E-state index contributed by atoms with van der Waals surface area (Å²) in [5, 5.41) is 5.97. The number of nitrogens with one attached hydrogen (secondary N) is 2. The first-order chi connectivity index (χ1) is 17.9. The van der Waals surface area contributed by atoms with E-state index in [-0.39, 0.29) is 11.8 Å². The molecule has 1 unspecified atom stereocenters. The lowest BCUT2D eigenvalue weighted by molar-refractivity contribution is -0.115. The summed E-state index contributed by atoms with van der Waals surface area (Å²) in [4.78, 5) is 40.4. The zero-order valence-electron chi connectivity index (χ0n) is 20.8. The number of fused-ring (bicyclic) bond motifs is 1. The van der Waals surface area contributed by atoms with Gasteiger partial charge in [-0.3, -0.25) is 9.59 Å². The first-order valence-electron chi connectivity index (χ1n) is 12.3. The minimum Gasteiger partial charge on any atom is -0.465 e. The molecule has 0 fully saturated rings. The monoisotopic (exact) mass is 540 g/mol. The lowest BCUT2D eigenvalue weighted by Gasteiger charge is -2.16. The number of thiophene rings is 1. The van der Waals surface area contributed by atoms with Crippen LogP contribution in [0, 0.1) is 5.82 Å². The second-order valence-electron chi connectivity index (χ2n) is 8.75. The average Bonchev–Trinajstić information content (AvgIpc) is 3.07. The van der Waals surface area contributed by atoms with E-state index in [1.807, 2.05) is 13.0 Å². The molecule has 1 aliphatic carbocycles. The van der Waals surface area contributed by atoms with Gasteiger partial charge in [0.15, 0.2) is 0 Å². The van der Waals surface area contributed by atoms with Gasteiger partial charge in [-0.1, -0.05) is 19.4 Å². The number of hydrogen-bond acceptors (Lipinski definition) is 6. The number of anilines is 2. The van der Waals surface area contributed by atoms with Crippen molar-refractivity contribution in [2.45, 2.75) is 55.6 Å². The molecule has 0 aliphatic heterocycles. The molecule has 1 aromatic heterocycles. The Morgan fingerprint density at radius 3 is 2.54 bits per heavy atom. The number of esters is 1. The smallest absolute Gasteiger partial charge is 0.341 e. The maximum Gasteiger partial charge on any atom is 0.341 e. The molecule has 0 radical (unpaired) electrons. The second kappa shape index (κ2) is 12.4. The van der Waals surface area contributed by atoms with Crippen LogP contribution in [-0.4, -0.2) is 30.1 Å². The highest BCUT2D eigenvalue weighted by Gasteiger charge is 2.28. The summed E-state index contributed by atoms with van der Waals surface area (Å²) in [6, 6.07) is 12.6. The van der Waals surface area contributed by atoms with Gasteiger partial charge in [0.1, 0.15) is 10.8 Å². The van der Waals surface area contributed by atoms with E-state index < -0.39 is 17.0 Å². The molecule has 9 heteroatoms. The minimum absolute atomic E-state index is 0.185. The van der Waals surface area contributed by atoms with Gasteiger partial charge in [0.05, 0.1) is 17.9 Å². The van der Waals surface area contributed by atoms with Gasteiger partial charge in [-0.15, -0.1) is 23.1 Å². The number of aryl methyl sites for hydroxylation is 1. The van der Waals surface area contributed by atoms with Crippen LogP contribution in [0.3, 0.4) is 0 Å². The van der Waals surface area contributed by atoms with Crippen molar-refractivity contribution < 1.29 is 23.5 Å². The largest absolute Gasteiger partial charge is 0.465 e. The van der Waals surface area contributed by atoms with E-state index in [0.29, 0.717) is 28.2 Å². The number of amides is 2. The van der Waals surface area contributed by atoms with Crippen LogP contribution in [-0.2, 0) is 22.4 Å². The van der Waals surface area contributed by atoms with Gasteiger partial charge in [0, 0.05) is 21.0 Å². The molecule has 0 saturated carbocycles. The summed E-state index contributed by atoms with van der Waals surface area (Å²) in [6.07, 6.45) is 5.51. The molecule has 6 nitrogen and oxygen atoms in total. The number of carbonyl (C=O) groups is 3. The lowest BCUT2D eigenvalue weighted by Crippen LogP contribution is -2.25. The van der Waals surface area contributed by atoms with Gasteiger partial charge in [-0.25, -0.2) is 9.18 Å². The summed E-state index contributed by atoms with van der Waals surface area (Å²) in [5.41, 5.74) is 2.42. The van der Waals surface area contributed by atoms with Gasteiger partial charge in [-0.05, 0) is 80.1 Å². The first kappa shape index (κ1) is 26.9. The molecule has 194 valence electrons. The first-order valence-corrected chi connectivity index (χ1v) is 14.0. The predicted octanol–water partition coefficient (Wildman–Crippen LogP) is 6.70. The van der Waals surface area contributed by atoms with Crippen molar-refractivity contribution in [1.82, 2.24) is 0 Å². The fourth-order valence-corrected chi connectivity index (χ4v) is 6.57. The molecule has 3 aromatic rings. The lowest BCUT2D eigenvalue weighted by atomic mass is 10.1. The molecule has 2 amide bonds. The molecule has 1 atom stereocenters. The molecule has 4 rings (SSSR count). The number of carbonyl (C=O) groups excluding carboxylic acids is 3. The van der Waals surface area contributed by atoms with Crippen molar-refractivity contribution in [3.63, 3.8) is 0 Å². The number of hydrogen-bond donors (Lipinski definition) is 2. The van der Waals surface area contributed by atoms with Crippen molar-refractivity contribution in [2.24, 2.45) is 0 Å².